The molecule has 3 rings (SSSR count). The zero-order valence-electron chi connectivity index (χ0n) is 18.2. The Hall–Kier alpha value is -1.61. The third-order valence-corrected chi connectivity index (χ3v) is 7.88. The first kappa shape index (κ1) is 21.1. The van der Waals surface area contributed by atoms with Crippen molar-refractivity contribution in [1.29, 1.82) is 0 Å². The van der Waals surface area contributed by atoms with E-state index in [0.29, 0.717) is 11.3 Å². The average Bonchev–Trinajstić information content (AvgIpc) is 2.89. The molecule has 1 N–H and O–H groups in total. The van der Waals surface area contributed by atoms with E-state index in [1.807, 2.05) is 7.05 Å². The summed E-state index contributed by atoms with van der Waals surface area (Å²) in [7, 11) is 6.29. The highest BCUT2D eigenvalue weighted by atomic mass is 32.2. The molecule has 0 amide bonds. The largest absolute Gasteiger partial charge is 0.388 e. The fraction of sp³-hybridized carbons (Fsp3) is 0.520. The van der Waals surface area contributed by atoms with Crippen LogP contribution in [0.5, 0.6) is 0 Å². The number of thioether (sulfide) groups is 1. The number of nitrogens with zero attached hydrogens (tertiary/aromatic N) is 1. The van der Waals surface area contributed by atoms with Gasteiger partial charge >= 0.3 is 0 Å². The molecular formula is C25H36N2S. The number of anilines is 2. The molecular weight excluding hydrogens is 360 g/mol. The molecule has 2 nitrogen and oxygen atoms in total. The summed E-state index contributed by atoms with van der Waals surface area (Å²) in [6, 6.07) is 16.1. The summed E-state index contributed by atoms with van der Waals surface area (Å²) < 4.78 is 0. The summed E-state index contributed by atoms with van der Waals surface area (Å²) in [5.74, 6) is 1.69. The Morgan fingerprint density at radius 3 is 2.64 bits per heavy atom. The summed E-state index contributed by atoms with van der Waals surface area (Å²) in [5, 5.41) is 3.33. The lowest BCUT2D eigenvalue weighted by Gasteiger charge is -2.34. The van der Waals surface area contributed by atoms with Crippen LogP contribution in [-0.2, 0) is 0 Å². The lowest BCUT2D eigenvalue weighted by Crippen LogP contribution is -2.25. The van der Waals surface area contributed by atoms with Crippen molar-refractivity contribution in [1.82, 2.24) is 0 Å². The van der Waals surface area contributed by atoms with E-state index in [9.17, 15) is 0 Å². The molecule has 28 heavy (non-hydrogen) atoms. The lowest BCUT2D eigenvalue weighted by atomic mass is 9.71. The van der Waals surface area contributed by atoms with Gasteiger partial charge in [-0.05, 0) is 66.1 Å². The fourth-order valence-electron chi connectivity index (χ4n) is 4.41. The number of unbranched alkanes of at least 4 members (excludes halogenated alkanes) is 1. The van der Waals surface area contributed by atoms with Crippen LogP contribution in [0, 0.1) is 5.41 Å². The zero-order valence-corrected chi connectivity index (χ0v) is 19.0. The molecule has 2 aromatic rings. The van der Waals surface area contributed by atoms with Crippen LogP contribution in [0.25, 0.3) is 0 Å². The number of fused-ring (bicyclic) bond motifs is 1. The summed E-state index contributed by atoms with van der Waals surface area (Å²) in [5.41, 5.74) is 5.87. The van der Waals surface area contributed by atoms with E-state index in [2.05, 4.69) is 92.4 Å². The molecule has 0 saturated carbocycles. The van der Waals surface area contributed by atoms with E-state index < -0.39 is 0 Å². The van der Waals surface area contributed by atoms with E-state index in [4.69, 9.17) is 0 Å². The first-order chi connectivity index (χ1) is 13.5. The van der Waals surface area contributed by atoms with Crippen molar-refractivity contribution in [2.24, 2.45) is 5.41 Å². The van der Waals surface area contributed by atoms with Gasteiger partial charge < -0.3 is 10.2 Å². The van der Waals surface area contributed by atoms with E-state index >= 15 is 0 Å². The Morgan fingerprint density at radius 1 is 1.14 bits per heavy atom. The predicted molar refractivity (Wildman–Crippen MR) is 126 cm³/mol. The fourth-order valence-corrected chi connectivity index (χ4v) is 5.87. The van der Waals surface area contributed by atoms with Gasteiger partial charge in [-0.1, -0.05) is 38.8 Å². The molecule has 0 aromatic heterocycles. The predicted octanol–water partition coefficient (Wildman–Crippen LogP) is 7.01. The van der Waals surface area contributed by atoms with Gasteiger partial charge in [0.15, 0.2) is 0 Å². The van der Waals surface area contributed by atoms with Crippen LogP contribution < -0.4 is 10.2 Å². The van der Waals surface area contributed by atoms with Crippen molar-refractivity contribution in [3.63, 3.8) is 0 Å². The van der Waals surface area contributed by atoms with Gasteiger partial charge in [-0.3, -0.25) is 0 Å². The number of rotatable bonds is 7. The van der Waals surface area contributed by atoms with E-state index in [1.54, 1.807) is 0 Å². The standard InChI is InChI=1S/C25H36N2S/c1-6-8-14-25(7-2)17-23(19-10-9-11-20(15-19)26-3)22-16-21(27(4)5)12-13-24(22)28-18-25/h9-13,15-16,23,26H,6-8,14,17-18H2,1-5H3/t23-,25+/m1/s1. The third kappa shape index (κ3) is 4.51. The van der Waals surface area contributed by atoms with Crippen molar-refractivity contribution in [3.8, 4) is 0 Å². The lowest BCUT2D eigenvalue weighted by molar-refractivity contribution is 0.251. The van der Waals surface area contributed by atoms with Crippen molar-refractivity contribution in [2.75, 3.05) is 37.1 Å². The molecule has 1 heterocycles. The maximum Gasteiger partial charge on any atom is 0.0364 e. The van der Waals surface area contributed by atoms with Gasteiger partial charge in [0.2, 0.25) is 0 Å². The molecule has 0 fully saturated rings. The number of nitrogens with one attached hydrogen (secondary N) is 1. The van der Waals surface area contributed by atoms with Crippen LogP contribution in [0.4, 0.5) is 11.4 Å². The molecule has 2 atom stereocenters. The summed E-state index contributed by atoms with van der Waals surface area (Å²) >= 11 is 2.09. The van der Waals surface area contributed by atoms with Crippen molar-refractivity contribution >= 4 is 23.1 Å². The highest BCUT2D eigenvalue weighted by molar-refractivity contribution is 7.99. The molecule has 1 aliphatic rings. The molecule has 1 aliphatic heterocycles. The Morgan fingerprint density at radius 2 is 1.96 bits per heavy atom. The first-order valence-corrected chi connectivity index (χ1v) is 11.7. The average molecular weight is 397 g/mol. The second-order valence-electron chi connectivity index (χ2n) is 8.49. The van der Waals surface area contributed by atoms with Crippen LogP contribution >= 0.6 is 11.8 Å². The Kier molecular flexibility index (Phi) is 6.98. The summed E-state index contributed by atoms with van der Waals surface area (Å²) in [4.78, 5) is 3.69. The van der Waals surface area contributed by atoms with E-state index in [1.165, 1.54) is 65.3 Å². The highest BCUT2D eigenvalue weighted by Gasteiger charge is 2.36. The second kappa shape index (κ2) is 9.26. The zero-order chi connectivity index (χ0) is 20.1. The maximum atomic E-state index is 3.33. The van der Waals surface area contributed by atoms with Gasteiger partial charge in [-0.15, -0.1) is 11.8 Å². The topological polar surface area (TPSA) is 15.3 Å². The Labute approximate surface area is 176 Å². The van der Waals surface area contributed by atoms with E-state index in [0.717, 1.165) is 0 Å². The normalized spacial score (nSPS) is 21.7. The second-order valence-corrected chi connectivity index (χ2v) is 9.51. The molecule has 152 valence electrons. The van der Waals surface area contributed by atoms with Crippen molar-refractivity contribution in [3.05, 3.63) is 53.6 Å². The van der Waals surface area contributed by atoms with Gasteiger partial charge in [-0.25, -0.2) is 0 Å². The Bertz CT molecular complexity index is 786. The number of hydrogen-bond acceptors (Lipinski definition) is 3. The smallest absolute Gasteiger partial charge is 0.0364 e. The number of hydrogen-bond donors (Lipinski definition) is 1. The third-order valence-electron chi connectivity index (χ3n) is 6.44. The van der Waals surface area contributed by atoms with Crippen molar-refractivity contribution < 1.29 is 0 Å². The van der Waals surface area contributed by atoms with Crippen LogP contribution in [0.1, 0.15) is 63.0 Å². The maximum absolute atomic E-state index is 3.33. The van der Waals surface area contributed by atoms with Gasteiger partial charge in [0, 0.05) is 49.1 Å². The van der Waals surface area contributed by atoms with Gasteiger partial charge in [0.05, 0.1) is 0 Å². The van der Waals surface area contributed by atoms with E-state index in [-0.39, 0.29) is 0 Å². The molecule has 0 radical (unpaired) electrons. The molecule has 0 saturated heterocycles. The molecule has 0 aliphatic carbocycles. The van der Waals surface area contributed by atoms with Crippen LogP contribution in [0.3, 0.4) is 0 Å². The highest BCUT2D eigenvalue weighted by Crippen LogP contribution is 2.51. The molecule has 3 heteroatoms. The quantitative estimate of drug-likeness (QED) is 0.542. The molecule has 2 aromatic carbocycles. The summed E-state index contributed by atoms with van der Waals surface area (Å²) in [6.45, 7) is 4.72. The van der Waals surface area contributed by atoms with Crippen LogP contribution in [0.2, 0.25) is 0 Å². The molecule has 0 bridgehead atoms. The van der Waals surface area contributed by atoms with Gasteiger partial charge in [0.1, 0.15) is 0 Å². The Balaban J connectivity index is 2.10. The minimum Gasteiger partial charge on any atom is -0.388 e. The van der Waals surface area contributed by atoms with Gasteiger partial charge in [-0.2, -0.15) is 0 Å². The minimum atomic E-state index is 0.415. The molecule has 0 unspecified atom stereocenters. The van der Waals surface area contributed by atoms with Crippen molar-refractivity contribution in [2.45, 2.75) is 56.8 Å². The van der Waals surface area contributed by atoms with Gasteiger partial charge in [0.25, 0.3) is 0 Å². The SMILES string of the molecule is CCCC[C@]1(CC)CSc2ccc(N(C)C)cc2[C@@H](c2cccc(NC)c2)C1. The number of benzene rings is 2. The van der Waals surface area contributed by atoms with Crippen LogP contribution in [-0.4, -0.2) is 26.9 Å². The van der Waals surface area contributed by atoms with Crippen LogP contribution in [0.15, 0.2) is 47.4 Å². The molecule has 0 spiro atoms. The summed E-state index contributed by atoms with van der Waals surface area (Å²) in [6.07, 6.45) is 6.45. The minimum absolute atomic E-state index is 0.415. The monoisotopic (exact) mass is 396 g/mol. The first-order valence-electron chi connectivity index (χ1n) is 10.7.